The van der Waals surface area contributed by atoms with Gasteiger partial charge in [0, 0.05) is 7.11 Å². The molecule has 27 heavy (non-hydrogen) atoms. The standard InChI is InChI=1S/C10H6F12O5/c1-3(6(13,14)15)24-4(11,8(19,20)25-3)5(12)9(21,22)27-10(23-2,26-5)7(16,17)18/h1-2H3. The molecule has 2 aliphatic heterocycles. The van der Waals surface area contributed by atoms with Crippen molar-refractivity contribution in [3.63, 3.8) is 0 Å². The van der Waals surface area contributed by atoms with Crippen molar-refractivity contribution in [1.29, 1.82) is 0 Å². The molecule has 0 saturated carbocycles. The Labute approximate surface area is 140 Å². The maximum absolute atomic E-state index is 14.5. The molecule has 0 radical (unpaired) electrons. The summed E-state index contributed by atoms with van der Waals surface area (Å²) in [4.78, 5) is 0. The normalized spacial score (nSPS) is 44.7. The number of hydrogen-bond acceptors (Lipinski definition) is 5. The lowest BCUT2D eigenvalue weighted by atomic mass is 10.1. The molecule has 0 spiro atoms. The number of ether oxygens (including phenoxy) is 5. The minimum Gasteiger partial charge on any atom is -0.323 e. The Morgan fingerprint density at radius 3 is 1.33 bits per heavy atom. The number of hydrogen-bond donors (Lipinski definition) is 0. The molecule has 2 saturated heterocycles. The third-order valence-electron chi connectivity index (χ3n) is 3.49. The van der Waals surface area contributed by atoms with Crippen LogP contribution in [0.25, 0.3) is 0 Å². The van der Waals surface area contributed by atoms with Gasteiger partial charge in [0.15, 0.2) is 0 Å². The third kappa shape index (κ3) is 2.61. The first-order valence-electron chi connectivity index (χ1n) is 6.26. The van der Waals surface area contributed by atoms with Gasteiger partial charge in [0.1, 0.15) is 0 Å². The van der Waals surface area contributed by atoms with E-state index in [9.17, 15) is 52.7 Å². The van der Waals surface area contributed by atoms with E-state index >= 15 is 0 Å². The molecular formula is C10H6F12O5. The lowest BCUT2D eigenvalue weighted by Gasteiger charge is -2.35. The molecule has 2 fully saturated rings. The highest BCUT2D eigenvalue weighted by molar-refractivity contribution is 5.08. The Morgan fingerprint density at radius 2 is 1.04 bits per heavy atom. The van der Waals surface area contributed by atoms with E-state index in [-0.39, 0.29) is 7.11 Å². The van der Waals surface area contributed by atoms with Gasteiger partial charge in [-0.2, -0.15) is 52.7 Å². The second-order valence-electron chi connectivity index (χ2n) is 5.33. The Morgan fingerprint density at radius 1 is 0.630 bits per heavy atom. The van der Waals surface area contributed by atoms with Gasteiger partial charge in [0.05, 0.1) is 0 Å². The summed E-state index contributed by atoms with van der Waals surface area (Å²) in [5.41, 5.74) is 0. The average molecular weight is 434 g/mol. The van der Waals surface area contributed by atoms with Gasteiger partial charge in [0.25, 0.3) is 5.79 Å². The Bertz CT molecular complexity index is 621. The lowest BCUT2D eigenvalue weighted by molar-refractivity contribution is -0.480. The van der Waals surface area contributed by atoms with E-state index in [0.717, 1.165) is 0 Å². The smallest absolute Gasteiger partial charge is 0.323 e. The molecule has 0 N–H and O–H groups in total. The molecule has 0 aromatic rings. The molecular weight excluding hydrogens is 428 g/mol. The maximum Gasteiger partial charge on any atom is 0.473 e. The SMILES string of the molecule is COC1(C(F)(F)F)OC(F)(F)C(F)(C2(F)OC(C)(C(F)(F)F)OC2(F)F)O1. The zero-order chi connectivity index (χ0) is 21.5. The van der Waals surface area contributed by atoms with Crippen LogP contribution in [0.5, 0.6) is 0 Å². The molecule has 2 heterocycles. The van der Waals surface area contributed by atoms with Crippen LogP contribution in [0.4, 0.5) is 52.7 Å². The molecule has 2 aliphatic rings. The molecule has 5 nitrogen and oxygen atoms in total. The van der Waals surface area contributed by atoms with Gasteiger partial charge in [-0.15, -0.1) is 0 Å². The van der Waals surface area contributed by atoms with Crippen LogP contribution in [0.2, 0.25) is 0 Å². The molecule has 160 valence electrons. The van der Waals surface area contributed by atoms with Crippen LogP contribution in [0.15, 0.2) is 0 Å². The number of rotatable bonds is 2. The molecule has 17 heteroatoms. The first kappa shape index (κ1) is 22.3. The van der Waals surface area contributed by atoms with Gasteiger partial charge in [-0.05, 0) is 6.92 Å². The first-order chi connectivity index (χ1) is 11.6. The van der Waals surface area contributed by atoms with Gasteiger partial charge in [-0.1, -0.05) is 0 Å². The van der Waals surface area contributed by atoms with Crippen molar-refractivity contribution < 1.29 is 76.4 Å². The van der Waals surface area contributed by atoms with Gasteiger partial charge in [-0.25, -0.2) is 0 Å². The maximum atomic E-state index is 14.5. The zero-order valence-electron chi connectivity index (χ0n) is 12.6. The molecule has 2 rings (SSSR count). The average Bonchev–Trinajstić information content (AvgIpc) is 2.76. The van der Waals surface area contributed by atoms with Crippen molar-refractivity contribution in [2.75, 3.05) is 7.11 Å². The zero-order valence-corrected chi connectivity index (χ0v) is 12.6. The lowest BCUT2D eigenvalue weighted by Crippen LogP contribution is -2.65. The fourth-order valence-corrected chi connectivity index (χ4v) is 2.09. The summed E-state index contributed by atoms with van der Waals surface area (Å²) in [6.45, 7) is -0.465. The summed E-state index contributed by atoms with van der Waals surface area (Å²) in [6.07, 6.45) is -24.8. The second-order valence-corrected chi connectivity index (χ2v) is 5.33. The number of alkyl halides is 12. The predicted molar refractivity (Wildman–Crippen MR) is 52.2 cm³/mol. The molecule has 0 aromatic carbocycles. The molecule has 4 atom stereocenters. The summed E-state index contributed by atoms with van der Waals surface area (Å²) in [7, 11) is -0.0792. The van der Waals surface area contributed by atoms with Crippen LogP contribution in [-0.4, -0.2) is 55.1 Å². The molecule has 0 aliphatic carbocycles. The van der Waals surface area contributed by atoms with E-state index in [0.29, 0.717) is 0 Å². The van der Waals surface area contributed by atoms with Crippen molar-refractivity contribution in [3.8, 4) is 0 Å². The molecule has 4 unspecified atom stereocenters. The van der Waals surface area contributed by atoms with Crippen LogP contribution in [0.1, 0.15) is 6.92 Å². The number of methoxy groups -OCH3 is 1. The summed E-state index contributed by atoms with van der Waals surface area (Å²) < 4.78 is 175. The topological polar surface area (TPSA) is 46.2 Å². The minimum atomic E-state index is -6.31. The van der Waals surface area contributed by atoms with Crippen molar-refractivity contribution in [2.45, 2.75) is 55.0 Å². The largest absolute Gasteiger partial charge is 0.473 e. The minimum absolute atomic E-state index is 0.0792. The summed E-state index contributed by atoms with van der Waals surface area (Å²) >= 11 is 0. The quantitative estimate of drug-likeness (QED) is 0.620. The van der Waals surface area contributed by atoms with Crippen molar-refractivity contribution in [2.24, 2.45) is 0 Å². The third-order valence-corrected chi connectivity index (χ3v) is 3.49. The molecule has 0 aromatic heterocycles. The van der Waals surface area contributed by atoms with Crippen molar-refractivity contribution in [1.82, 2.24) is 0 Å². The highest BCUT2D eigenvalue weighted by Crippen LogP contribution is 2.66. The van der Waals surface area contributed by atoms with E-state index in [2.05, 4.69) is 23.7 Å². The van der Waals surface area contributed by atoms with Crippen molar-refractivity contribution >= 4 is 0 Å². The first-order valence-corrected chi connectivity index (χ1v) is 6.26. The predicted octanol–water partition coefficient (Wildman–Crippen LogP) is 3.74. The Balaban J connectivity index is 2.64. The van der Waals surface area contributed by atoms with Crippen LogP contribution in [-0.2, 0) is 23.7 Å². The van der Waals surface area contributed by atoms with E-state index in [1.807, 2.05) is 0 Å². The second kappa shape index (κ2) is 5.31. The van der Waals surface area contributed by atoms with Crippen LogP contribution >= 0.6 is 0 Å². The number of halogens is 12. The van der Waals surface area contributed by atoms with E-state index in [4.69, 9.17) is 0 Å². The summed E-state index contributed by atoms with van der Waals surface area (Å²) in [5.74, 6) is -22.5. The highest BCUT2D eigenvalue weighted by Gasteiger charge is 2.95. The van der Waals surface area contributed by atoms with Gasteiger partial charge < -0.3 is 4.74 Å². The van der Waals surface area contributed by atoms with Crippen LogP contribution in [0.3, 0.4) is 0 Å². The van der Waals surface area contributed by atoms with Gasteiger partial charge in [-0.3, -0.25) is 18.9 Å². The fraction of sp³-hybridized carbons (Fsp3) is 1.00. The molecule has 0 bridgehead atoms. The van der Waals surface area contributed by atoms with Crippen LogP contribution in [0, 0.1) is 0 Å². The van der Waals surface area contributed by atoms with Crippen molar-refractivity contribution in [3.05, 3.63) is 0 Å². The molecule has 0 amide bonds. The van der Waals surface area contributed by atoms with Gasteiger partial charge >= 0.3 is 42.3 Å². The van der Waals surface area contributed by atoms with E-state index in [1.165, 1.54) is 0 Å². The van der Waals surface area contributed by atoms with Gasteiger partial charge in [0.2, 0.25) is 0 Å². The Hall–Kier alpha value is -1.04. The fourth-order valence-electron chi connectivity index (χ4n) is 2.09. The Kier molecular flexibility index (Phi) is 4.37. The monoisotopic (exact) mass is 434 g/mol. The highest BCUT2D eigenvalue weighted by atomic mass is 19.4. The van der Waals surface area contributed by atoms with E-state index in [1.54, 1.807) is 0 Å². The van der Waals surface area contributed by atoms with E-state index < -0.39 is 55.0 Å². The summed E-state index contributed by atoms with van der Waals surface area (Å²) in [5, 5.41) is 0. The summed E-state index contributed by atoms with van der Waals surface area (Å²) in [6, 6.07) is 0. The van der Waals surface area contributed by atoms with Crippen LogP contribution < -0.4 is 0 Å².